The van der Waals surface area contributed by atoms with E-state index in [0.717, 1.165) is 18.0 Å². The van der Waals surface area contributed by atoms with Gasteiger partial charge in [-0.05, 0) is 30.9 Å². The van der Waals surface area contributed by atoms with Crippen LogP contribution in [0, 0.1) is 6.92 Å². The molecule has 0 saturated heterocycles. The van der Waals surface area contributed by atoms with E-state index in [1.165, 1.54) is 6.07 Å². The number of pyridine rings is 1. The van der Waals surface area contributed by atoms with Gasteiger partial charge in [0.2, 0.25) is 0 Å². The summed E-state index contributed by atoms with van der Waals surface area (Å²) in [5.74, 6) is -0.255. The molecule has 19 heavy (non-hydrogen) atoms. The molecule has 2 rings (SSSR count). The van der Waals surface area contributed by atoms with Crippen molar-refractivity contribution in [2.75, 3.05) is 5.32 Å². The SMILES string of the molecule is CCCn1cc(NC(=O)c2snnc2C)ccc1=O. The van der Waals surface area contributed by atoms with E-state index in [-0.39, 0.29) is 11.5 Å². The van der Waals surface area contributed by atoms with Gasteiger partial charge in [-0.15, -0.1) is 5.10 Å². The first-order chi connectivity index (χ1) is 9.11. The van der Waals surface area contributed by atoms with E-state index < -0.39 is 0 Å². The molecule has 1 amide bonds. The lowest BCUT2D eigenvalue weighted by atomic mass is 10.3. The molecule has 0 fully saturated rings. The van der Waals surface area contributed by atoms with Crippen molar-refractivity contribution < 1.29 is 4.79 Å². The number of nitrogens with one attached hydrogen (secondary N) is 1. The topological polar surface area (TPSA) is 76.9 Å². The van der Waals surface area contributed by atoms with Crippen LogP contribution in [-0.2, 0) is 6.54 Å². The van der Waals surface area contributed by atoms with Crippen molar-refractivity contribution in [3.05, 3.63) is 39.3 Å². The Morgan fingerprint density at radius 1 is 1.47 bits per heavy atom. The maximum absolute atomic E-state index is 12.0. The standard InChI is InChI=1S/C12H14N4O2S/c1-3-6-16-7-9(4-5-10(16)17)13-12(18)11-8(2)14-15-19-11/h4-5,7H,3,6H2,1-2H3,(H,13,18). The number of anilines is 1. The van der Waals surface area contributed by atoms with Crippen molar-refractivity contribution >= 4 is 23.1 Å². The maximum atomic E-state index is 12.0. The smallest absolute Gasteiger partial charge is 0.269 e. The lowest BCUT2D eigenvalue weighted by molar-refractivity contribution is 0.102. The van der Waals surface area contributed by atoms with Gasteiger partial charge >= 0.3 is 0 Å². The van der Waals surface area contributed by atoms with Crippen molar-refractivity contribution in [3.63, 3.8) is 0 Å². The van der Waals surface area contributed by atoms with Crippen LogP contribution >= 0.6 is 11.5 Å². The van der Waals surface area contributed by atoms with Crippen LogP contribution in [0.15, 0.2) is 23.1 Å². The zero-order valence-electron chi connectivity index (χ0n) is 10.7. The van der Waals surface area contributed by atoms with Crippen LogP contribution in [0.1, 0.15) is 28.7 Å². The number of nitrogens with zero attached hydrogens (tertiary/aromatic N) is 3. The number of aromatic nitrogens is 3. The molecule has 2 heterocycles. The third kappa shape index (κ3) is 3.05. The molecule has 2 aromatic rings. The monoisotopic (exact) mass is 278 g/mol. The van der Waals surface area contributed by atoms with Gasteiger partial charge in [-0.1, -0.05) is 11.4 Å². The molecule has 7 heteroatoms. The summed E-state index contributed by atoms with van der Waals surface area (Å²) in [7, 11) is 0. The van der Waals surface area contributed by atoms with E-state index in [1.54, 1.807) is 23.8 Å². The Hall–Kier alpha value is -2.02. The largest absolute Gasteiger partial charge is 0.320 e. The molecule has 0 unspecified atom stereocenters. The Morgan fingerprint density at radius 3 is 2.89 bits per heavy atom. The lowest BCUT2D eigenvalue weighted by Crippen LogP contribution is -2.20. The predicted octanol–water partition coefficient (Wildman–Crippen LogP) is 1.67. The highest BCUT2D eigenvalue weighted by molar-refractivity contribution is 7.08. The van der Waals surface area contributed by atoms with Gasteiger partial charge in [0, 0.05) is 18.8 Å². The molecule has 1 N–H and O–H groups in total. The fourth-order valence-corrected chi connectivity index (χ4v) is 2.20. The molecule has 0 radical (unpaired) electrons. The Morgan fingerprint density at radius 2 is 2.26 bits per heavy atom. The van der Waals surface area contributed by atoms with Crippen LogP contribution in [-0.4, -0.2) is 20.1 Å². The predicted molar refractivity (Wildman–Crippen MR) is 73.6 cm³/mol. The zero-order chi connectivity index (χ0) is 13.8. The summed E-state index contributed by atoms with van der Waals surface area (Å²) in [6.07, 6.45) is 2.50. The molecule has 0 bridgehead atoms. The molecule has 0 atom stereocenters. The van der Waals surface area contributed by atoms with Crippen LogP contribution in [0.2, 0.25) is 0 Å². The van der Waals surface area contributed by atoms with Gasteiger partial charge in [0.15, 0.2) is 0 Å². The first kappa shape index (κ1) is 13.4. The molecule has 0 spiro atoms. The van der Waals surface area contributed by atoms with Crippen molar-refractivity contribution in [2.24, 2.45) is 0 Å². The van der Waals surface area contributed by atoms with Crippen LogP contribution in [0.4, 0.5) is 5.69 Å². The minimum atomic E-state index is -0.255. The van der Waals surface area contributed by atoms with E-state index in [2.05, 4.69) is 14.9 Å². The summed E-state index contributed by atoms with van der Waals surface area (Å²) in [4.78, 5) is 24.0. The van der Waals surface area contributed by atoms with Crippen molar-refractivity contribution in [1.82, 2.24) is 14.2 Å². The van der Waals surface area contributed by atoms with E-state index >= 15 is 0 Å². The van der Waals surface area contributed by atoms with E-state index in [9.17, 15) is 9.59 Å². The number of hydrogen-bond donors (Lipinski definition) is 1. The van der Waals surface area contributed by atoms with Gasteiger partial charge in [0.1, 0.15) is 4.88 Å². The van der Waals surface area contributed by atoms with E-state index in [4.69, 9.17) is 0 Å². The Bertz CT molecular complexity index is 647. The van der Waals surface area contributed by atoms with Crippen LogP contribution in [0.3, 0.4) is 0 Å². The molecule has 0 aliphatic carbocycles. The number of carbonyl (C=O) groups excluding carboxylic acids is 1. The highest BCUT2D eigenvalue weighted by Gasteiger charge is 2.13. The highest BCUT2D eigenvalue weighted by atomic mass is 32.1. The summed E-state index contributed by atoms with van der Waals surface area (Å²) in [5, 5.41) is 6.54. The fraction of sp³-hybridized carbons (Fsp3) is 0.333. The Labute approximate surface area is 114 Å². The van der Waals surface area contributed by atoms with Crippen LogP contribution in [0.5, 0.6) is 0 Å². The van der Waals surface area contributed by atoms with Crippen LogP contribution < -0.4 is 10.9 Å². The van der Waals surface area contributed by atoms with Crippen molar-refractivity contribution in [3.8, 4) is 0 Å². The summed E-state index contributed by atoms with van der Waals surface area (Å²) < 4.78 is 5.30. The number of hydrogen-bond acceptors (Lipinski definition) is 5. The number of aryl methyl sites for hydroxylation is 2. The number of rotatable bonds is 4. The summed E-state index contributed by atoms with van der Waals surface area (Å²) in [5.41, 5.74) is 1.12. The first-order valence-electron chi connectivity index (χ1n) is 5.92. The third-order valence-corrected chi connectivity index (χ3v) is 3.39. The fourth-order valence-electron chi connectivity index (χ4n) is 1.65. The summed E-state index contributed by atoms with van der Waals surface area (Å²) in [6.45, 7) is 4.35. The minimum Gasteiger partial charge on any atom is -0.320 e. The first-order valence-corrected chi connectivity index (χ1v) is 6.70. The normalized spacial score (nSPS) is 10.4. The molecule has 6 nitrogen and oxygen atoms in total. The van der Waals surface area contributed by atoms with Gasteiger partial charge in [-0.2, -0.15) is 0 Å². The van der Waals surface area contributed by atoms with Gasteiger partial charge in [-0.3, -0.25) is 9.59 Å². The average Bonchev–Trinajstić information content (AvgIpc) is 2.80. The maximum Gasteiger partial charge on any atom is 0.269 e. The molecule has 0 aromatic carbocycles. The van der Waals surface area contributed by atoms with E-state index in [1.807, 2.05) is 6.92 Å². The number of carbonyl (C=O) groups is 1. The molecule has 0 aliphatic heterocycles. The molecule has 0 saturated carbocycles. The van der Waals surface area contributed by atoms with Crippen molar-refractivity contribution in [2.45, 2.75) is 26.8 Å². The second-order valence-electron chi connectivity index (χ2n) is 4.09. The summed E-state index contributed by atoms with van der Waals surface area (Å²) >= 11 is 1.05. The van der Waals surface area contributed by atoms with Gasteiger partial charge in [0.05, 0.1) is 11.4 Å². The molecular weight excluding hydrogens is 264 g/mol. The van der Waals surface area contributed by atoms with Crippen molar-refractivity contribution in [1.29, 1.82) is 0 Å². The Balaban J connectivity index is 2.20. The molecule has 2 aromatic heterocycles. The second kappa shape index (κ2) is 5.75. The zero-order valence-corrected chi connectivity index (χ0v) is 11.5. The van der Waals surface area contributed by atoms with Crippen LogP contribution in [0.25, 0.3) is 0 Å². The molecule has 0 aliphatic rings. The third-order valence-electron chi connectivity index (χ3n) is 2.56. The minimum absolute atomic E-state index is 0.0736. The van der Waals surface area contributed by atoms with Gasteiger partial charge in [-0.25, -0.2) is 0 Å². The molecule has 100 valence electrons. The van der Waals surface area contributed by atoms with Gasteiger partial charge in [0.25, 0.3) is 11.5 Å². The summed E-state index contributed by atoms with van der Waals surface area (Å²) in [6, 6.07) is 3.04. The quantitative estimate of drug-likeness (QED) is 0.923. The molecular formula is C12H14N4O2S. The van der Waals surface area contributed by atoms with E-state index in [0.29, 0.717) is 22.8 Å². The number of amides is 1. The Kier molecular flexibility index (Phi) is 4.06. The highest BCUT2D eigenvalue weighted by Crippen LogP contribution is 2.12. The lowest BCUT2D eigenvalue weighted by Gasteiger charge is -2.07. The second-order valence-corrected chi connectivity index (χ2v) is 4.85. The average molecular weight is 278 g/mol. The van der Waals surface area contributed by atoms with Gasteiger partial charge < -0.3 is 9.88 Å².